The van der Waals surface area contributed by atoms with Crippen LogP contribution in [0.5, 0.6) is 0 Å². The van der Waals surface area contributed by atoms with Crippen LogP contribution < -0.4 is 0 Å². The second-order valence-corrected chi connectivity index (χ2v) is 6.77. The predicted molar refractivity (Wildman–Crippen MR) is 105 cm³/mol. The highest BCUT2D eigenvalue weighted by molar-refractivity contribution is 5.95. The van der Waals surface area contributed by atoms with Gasteiger partial charge in [-0.1, -0.05) is 23.8 Å². The van der Waals surface area contributed by atoms with Gasteiger partial charge in [0, 0.05) is 17.5 Å². The van der Waals surface area contributed by atoms with Crippen LogP contribution in [-0.2, 0) is 0 Å². The lowest BCUT2D eigenvalue weighted by Crippen LogP contribution is -1.99. The Balaban J connectivity index is 1.81. The van der Waals surface area contributed by atoms with Gasteiger partial charge >= 0.3 is 0 Å². The lowest BCUT2D eigenvalue weighted by Gasteiger charge is -2.06. The first-order valence-corrected chi connectivity index (χ1v) is 8.84. The molecule has 6 nitrogen and oxygen atoms in total. The smallest absolute Gasteiger partial charge is 0.182 e. The van der Waals surface area contributed by atoms with Crippen LogP contribution in [0.25, 0.3) is 33.8 Å². The molecule has 0 bridgehead atoms. The maximum atomic E-state index is 4.84. The SMILES string of the molecule is Cc1cccc(-c2nc3c4c(C)c(C)n(-c5cccnc5)c4ncn3n2)c1. The summed E-state index contributed by atoms with van der Waals surface area (Å²) in [6.07, 6.45) is 5.35. The van der Waals surface area contributed by atoms with E-state index in [4.69, 9.17) is 4.98 Å². The molecule has 5 rings (SSSR count). The van der Waals surface area contributed by atoms with Crippen molar-refractivity contribution in [3.63, 3.8) is 0 Å². The van der Waals surface area contributed by atoms with E-state index in [-0.39, 0.29) is 0 Å². The van der Waals surface area contributed by atoms with Crippen molar-refractivity contribution in [3.05, 3.63) is 71.9 Å². The molecule has 0 spiro atoms. The van der Waals surface area contributed by atoms with Crippen LogP contribution in [0, 0.1) is 20.8 Å². The number of aryl methyl sites for hydroxylation is 2. The first-order valence-electron chi connectivity index (χ1n) is 8.84. The lowest BCUT2D eigenvalue weighted by molar-refractivity contribution is 0.925. The number of hydrogen-bond donors (Lipinski definition) is 0. The maximum Gasteiger partial charge on any atom is 0.182 e. The number of aromatic nitrogens is 6. The van der Waals surface area contributed by atoms with Crippen LogP contribution in [0.2, 0.25) is 0 Å². The zero-order valence-corrected chi connectivity index (χ0v) is 15.4. The van der Waals surface area contributed by atoms with Gasteiger partial charge < -0.3 is 0 Å². The van der Waals surface area contributed by atoms with Gasteiger partial charge in [0.05, 0.1) is 17.3 Å². The highest BCUT2D eigenvalue weighted by atomic mass is 15.3. The molecule has 27 heavy (non-hydrogen) atoms. The monoisotopic (exact) mass is 354 g/mol. The van der Waals surface area contributed by atoms with Gasteiger partial charge in [0.1, 0.15) is 6.33 Å². The standard InChI is InChI=1S/C21H18N6/c1-13-6-4-7-16(10-13)19-24-21-18-14(2)15(3)27(17-8-5-9-22-11-17)20(18)23-12-26(21)25-19/h4-12H,1-3H3. The minimum Gasteiger partial charge on any atom is -0.297 e. The van der Waals surface area contributed by atoms with Crippen molar-refractivity contribution < 1.29 is 0 Å². The highest BCUT2D eigenvalue weighted by Crippen LogP contribution is 2.30. The van der Waals surface area contributed by atoms with E-state index in [9.17, 15) is 0 Å². The van der Waals surface area contributed by atoms with E-state index in [1.807, 2.05) is 30.5 Å². The van der Waals surface area contributed by atoms with Crippen molar-refractivity contribution >= 4 is 16.7 Å². The van der Waals surface area contributed by atoms with E-state index < -0.39 is 0 Å². The Bertz CT molecular complexity index is 1300. The van der Waals surface area contributed by atoms with Gasteiger partial charge in [-0.2, -0.15) is 0 Å². The van der Waals surface area contributed by atoms with Gasteiger partial charge in [0.25, 0.3) is 0 Å². The molecule has 4 aromatic heterocycles. The highest BCUT2D eigenvalue weighted by Gasteiger charge is 2.19. The van der Waals surface area contributed by atoms with Crippen LogP contribution in [0.3, 0.4) is 0 Å². The average molecular weight is 354 g/mol. The van der Waals surface area contributed by atoms with Gasteiger partial charge in [-0.3, -0.25) is 9.55 Å². The minimum atomic E-state index is 0.708. The third-order valence-electron chi connectivity index (χ3n) is 5.01. The van der Waals surface area contributed by atoms with Crippen molar-refractivity contribution in [1.82, 2.24) is 29.1 Å². The zero-order chi connectivity index (χ0) is 18.5. The molecule has 0 unspecified atom stereocenters. The number of fused-ring (bicyclic) bond motifs is 3. The van der Waals surface area contributed by atoms with Gasteiger partial charge in [0.2, 0.25) is 0 Å². The van der Waals surface area contributed by atoms with Crippen LogP contribution in [0.15, 0.2) is 55.1 Å². The number of nitrogens with zero attached hydrogens (tertiary/aromatic N) is 6. The quantitative estimate of drug-likeness (QED) is 0.480. The van der Waals surface area contributed by atoms with Gasteiger partial charge in [-0.15, -0.1) is 5.10 Å². The summed E-state index contributed by atoms with van der Waals surface area (Å²) in [5, 5.41) is 5.67. The fourth-order valence-electron chi connectivity index (χ4n) is 3.57. The molecule has 0 saturated heterocycles. The molecule has 0 radical (unpaired) electrons. The summed E-state index contributed by atoms with van der Waals surface area (Å²) in [6.45, 7) is 6.27. The van der Waals surface area contributed by atoms with E-state index >= 15 is 0 Å². The molecule has 132 valence electrons. The van der Waals surface area contributed by atoms with Gasteiger partial charge in [-0.05, 0) is 44.5 Å². The average Bonchev–Trinajstić information content (AvgIpc) is 3.22. The van der Waals surface area contributed by atoms with Crippen molar-refractivity contribution in [2.45, 2.75) is 20.8 Å². The van der Waals surface area contributed by atoms with E-state index in [0.29, 0.717) is 5.82 Å². The maximum absolute atomic E-state index is 4.84. The summed E-state index contributed by atoms with van der Waals surface area (Å²) >= 11 is 0. The zero-order valence-electron chi connectivity index (χ0n) is 15.4. The summed E-state index contributed by atoms with van der Waals surface area (Å²) in [6, 6.07) is 12.2. The topological polar surface area (TPSA) is 60.9 Å². The Morgan fingerprint density at radius 1 is 0.963 bits per heavy atom. The van der Waals surface area contributed by atoms with E-state index in [2.05, 4.69) is 52.5 Å². The van der Waals surface area contributed by atoms with Gasteiger partial charge in [-0.25, -0.2) is 14.5 Å². The minimum absolute atomic E-state index is 0.708. The van der Waals surface area contributed by atoms with Crippen molar-refractivity contribution in [1.29, 1.82) is 0 Å². The van der Waals surface area contributed by atoms with Crippen molar-refractivity contribution in [2.24, 2.45) is 0 Å². The Kier molecular flexibility index (Phi) is 3.33. The number of benzene rings is 1. The summed E-state index contributed by atoms with van der Waals surface area (Å²) in [4.78, 5) is 13.8. The third kappa shape index (κ3) is 2.33. The second-order valence-electron chi connectivity index (χ2n) is 6.77. The fourth-order valence-corrected chi connectivity index (χ4v) is 3.57. The lowest BCUT2D eigenvalue weighted by atomic mass is 10.1. The molecule has 1 aromatic carbocycles. The molecule has 0 aliphatic heterocycles. The number of pyridine rings is 1. The Morgan fingerprint density at radius 2 is 1.85 bits per heavy atom. The Hall–Kier alpha value is -3.54. The van der Waals surface area contributed by atoms with Crippen LogP contribution >= 0.6 is 0 Å². The molecule has 0 amide bonds. The molecule has 6 heteroatoms. The summed E-state index contributed by atoms with van der Waals surface area (Å²) in [5.74, 6) is 0.708. The number of hydrogen-bond acceptors (Lipinski definition) is 4. The molecular weight excluding hydrogens is 336 g/mol. The molecule has 0 fully saturated rings. The Morgan fingerprint density at radius 3 is 2.63 bits per heavy atom. The fraction of sp³-hybridized carbons (Fsp3) is 0.143. The largest absolute Gasteiger partial charge is 0.297 e. The predicted octanol–water partition coefficient (Wildman–Crippen LogP) is 4.06. The Labute approximate surface area is 156 Å². The number of rotatable bonds is 2. The molecule has 0 aliphatic rings. The molecule has 0 N–H and O–H groups in total. The second kappa shape index (κ2) is 5.74. The first-order chi connectivity index (χ1) is 13.1. The van der Waals surface area contributed by atoms with Crippen molar-refractivity contribution in [3.8, 4) is 17.1 Å². The molecule has 4 heterocycles. The normalized spacial score (nSPS) is 11.5. The van der Waals surface area contributed by atoms with Crippen LogP contribution in [-0.4, -0.2) is 29.1 Å². The van der Waals surface area contributed by atoms with Crippen LogP contribution in [0.1, 0.15) is 16.8 Å². The van der Waals surface area contributed by atoms with Crippen molar-refractivity contribution in [2.75, 3.05) is 0 Å². The van der Waals surface area contributed by atoms with E-state index in [1.54, 1.807) is 17.0 Å². The summed E-state index contributed by atoms with van der Waals surface area (Å²) in [7, 11) is 0. The van der Waals surface area contributed by atoms with E-state index in [0.717, 1.165) is 39.2 Å². The molecule has 5 aromatic rings. The molecule has 0 saturated carbocycles. The van der Waals surface area contributed by atoms with Gasteiger partial charge in [0.15, 0.2) is 17.1 Å². The molecule has 0 aliphatic carbocycles. The summed E-state index contributed by atoms with van der Waals surface area (Å²) in [5.41, 5.74) is 7.14. The van der Waals surface area contributed by atoms with E-state index in [1.165, 1.54) is 5.56 Å². The molecule has 0 atom stereocenters. The summed E-state index contributed by atoms with van der Waals surface area (Å²) < 4.78 is 3.89. The third-order valence-corrected chi connectivity index (χ3v) is 5.01. The first kappa shape index (κ1) is 15.7. The molecular formula is C21H18N6. The van der Waals surface area contributed by atoms with Crippen LogP contribution in [0.4, 0.5) is 0 Å².